The van der Waals surface area contributed by atoms with Gasteiger partial charge in [0.05, 0.1) is 11.6 Å². The molecule has 0 spiro atoms. The molecule has 0 fully saturated rings. The van der Waals surface area contributed by atoms with Crippen LogP contribution in [0.3, 0.4) is 0 Å². The number of pyridine rings is 1. The topological polar surface area (TPSA) is 42.7 Å². The molecule has 0 amide bonds. The van der Waals surface area contributed by atoms with Gasteiger partial charge in [0.2, 0.25) is 0 Å². The molecule has 74 valence electrons. The van der Waals surface area contributed by atoms with E-state index in [-0.39, 0.29) is 6.67 Å². The van der Waals surface area contributed by atoms with Crippen LogP contribution in [0.25, 0.3) is 11.0 Å². The van der Waals surface area contributed by atoms with Gasteiger partial charge in [-0.1, -0.05) is 0 Å². The highest BCUT2D eigenvalue weighted by molar-refractivity contribution is 5.88. The molecular formula is C9H11FN4. The Morgan fingerprint density at radius 1 is 1.57 bits per heavy atom. The molecule has 5 heteroatoms. The molecule has 2 aromatic heterocycles. The summed E-state index contributed by atoms with van der Waals surface area (Å²) in [5.74, 6) is 0. The third-order valence-electron chi connectivity index (χ3n) is 2.05. The summed E-state index contributed by atoms with van der Waals surface area (Å²) in [6.07, 6.45) is 3.41. The first-order valence-electron chi connectivity index (χ1n) is 4.39. The first-order valence-corrected chi connectivity index (χ1v) is 4.39. The Labute approximate surface area is 80.8 Å². The summed E-state index contributed by atoms with van der Waals surface area (Å²) in [4.78, 5) is 4.18. The van der Waals surface area contributed by atoms with E-state index in [1.54, 1.807) is 17.1 Å². The monoisotopic (exact) mass is 194 g/mol. The summed E-state index contributed by atoms with van der Waals surface area (Å²) < 4.78 is 13.7. The predicted octanol–water partition coefficient (Wildman–Crippen LogP) is 1.35. The number of hydrogen-bond acceptors (Lipinski definition) is 3. The average molecular weight is 194 g/mol. The van der Waals surface area contributed by atoms with Gasteiger partial charge < -0.3 is 5.32 Å². The second kappa shape index (κ2) is 3.61. The van der Waals surface area contributed by atoms with Crippen molar-refractivity contribution in [1.82, 2.24) is 14.8 Å². The fraction of sp³-hybridized carbons (Fsp3) is 0.333. The third-order valence-corrected chi connectivity index (χ3v) is 2.05. The van der Waals surface area contributed by atoms with E-state index in [1.165, 1.54) is 0 Å². The Kier molecular flexibility index (Phi) is 2.30. The zero-order valence-corrected chi connectivity index (χ0v) is 7.87. The molecular weight excluding hydrogens is 183 g/mol. The minimum Gasteiger partial charge on any atom is -0.382 e. The van der Waals surface area contributed by atoms with Crippen LogP contribution in [-0.2, 0) is 7.05 Å². The summed E-state index contributed by atoms with van der Waals surface area (Å²) in [5, 5.41) is 7.99. The fourth-order valence-corrected chi connectivity index (χ4v) is 1.38. The van der Waals surface area contributed by atoms with Crippen molar-refractivity contribution in [2.75, 3.05) is 18.5 Å². The molecule has 0 saturated carbocycles. The van der Waals surface area contributed by atoms with Crippen molar-refractivity contribution in [3.8, 4) is 0 Å². The van der Waals surface area contributed by atoms with Crippen LogP contribution < -0.4 is 5.32 Å². The number of alkyl halides is 1. The molecule has 0 aromatic carbocycles. The first-order chi connectivity index (χ1) is 6.83. The van der Waals surface area contributed by atoms with Gasteiger partial charge in [-0.25, -0.2) is 9.37 Å². The summed E-state index contributed by atoms with van der Waals surface area (Å²) in [6, 6.07) is 1.82. The van der Waals surface area contributed by atoms with E-state index < -0.39 is 0 Å². The lowest BCUT2D eigenvalue weighted by Gasteiger charge is -2.03. The number of rotatable bonds is 3. The molecule has 4 nitrogen and oxygen atoms in total. The lowest BCUT2D eigenvalue weighted by atomic mass is 10.3. The van der Waals surface area contributed by atoms with Crippen LogP contribution in [0.15, 0.2) is 18.5 Å². The van der Waals surface area contributed by atoms with E-state index in [1.807, 2.05) is 13.1 Å². The second-order valence-corrected chi connectivity index (χ2v) is 2.98. The summed E-state index contributed by atoms with van der Waals surface area (Å²) in [7, 11) is 1.83. The normalized spacial score (nSPS) is 10.7. The molecule has 2 aromatic rings. The number of nitrogens with zero attached hydrogens (tertiary/aromatic N) is 3. The van der Waals surface area contributed by atoms with Crippen molar-refractivity contribution < 1.29 is 4.39 Å². The van der Waals surface area contributed by atoms with Crippen molar-refractivity contribution in [2.24, 2.45) is 7.05 Å². The van der Waals surface area contributed by atoms with Gasteiger partial charge in [0.25, 0.3) is 0 Å². The van der Waals surface area contributed by atoms with Gasteiger partial charge in [0.1, 0.15) is 6.67 Å². The SMILES string of the molecule is Cn1ncc2c(NCCF)ccnc21. The van der Waals surface area contributed by atoms with E-state index in [0.29, 0.717) is 6.54 Å². The lowest BCUT2D eigenvalue weighted by molar-refractivity contribution is 0.513. The van der Waals surface area contributed by atoms with Crippen LogP contribution in [0.1, 0.15) is 0 Å². The Morgan fingerprint density at radius 3 is 3.21 bits per heavy atom. The zero-order valence-electron chi connectivity index (χ0n) is 7.87. The quantitative estimate of drug-likeness (QED) is 0.802. The van der Waals surface area contributed by atoms with Gasteiger partial charge in [-0.2, -0.15) is 5.10 Å². The van der Waals surface area contributed by atoms with Crippen LogP contribution in [0.2, 0.25) is 0 Å². The van der Waals surface area contributed by atoms with E-state index in [2.05, 4.69) is 15.4 Å². The first kappa shape index (κ1) is 8.93. The summed E-state index contributed by atoms with van der Waals surface area (Å²) in [5.41, 5.74) is 1.68. The van der Waals surface area contributed by atoms with Crippen molar-refractivity contribution in [1.29, 1.82) is 0 Å². The maximum atomic E-state index is 12.0. The Hall–Kier alpha value is -1.65. The minimum atomic E-state index is -0.385. The maximum absolute atomic E-state index is 12.0. The molecule has 0 aliphatic rings. The van der Waals surface area contributed by atoms with Crippen LogP contribution in [0, 0.1) is 0 Å². The van der Waals surface area contributed by atoms with E-state index >= 15 is 0 Å². The molecule has 0 unspecified atom stereocenters. The molecule has 1 N–H and O–H groups in total. The van der Waals surface area contributed by atoms with Gasteiger partial charge in [0.15, 0.2) is 5.65 Å². The molecule has 2 rings (SSSR count). The van der Waals surface area contributed by atoms with Crippen molar-refractivity contribution in [2.45, 2.75) is 0 Å². The highest BCUT2D eigenvalue weighted by Crippen LogP contribution is 2.19. The summed E-state index contributed by atoms with van der Waals surface area (Å²) >= 11 is 0. The molecule has 14 heavy (non-hydrogen) atoms. The minimum absolute atomic E-state index is 0.313. The number of hydrogen-bond donors (Lipinski definition) is 1. The molecule has 0 aliphatic carbocycles. The van der Waals surface area contributed by atoms with Crippen LogP contribution in [0.4, 0.5) is 10.1 Å². The number of nitrogens with one attached hydrogen (secondary N) is 1. The summed E-state index contributed by atoms with van der Waals surface area (Å²) in [6.45, 7) is -0.0713. The highest BCUT2D eigenvalue weighted by atomic mass is 19.1. The van der Waals surface area contributed by atoms with Gasteiger partial charge in [-0.3, -0.25) is 4.68 Å². The number of fused-ring (bicyclic) bond motifs is 1. The highest BCUT2D eigenvalue weighted by Gasteiger charge is 2.04. The van der Waals surface area contributed by atoms with Crippen molar-refractivity contribution in [3.63, 3.8) is 0 Å². The lowest BCUT2D eigenvalue weighted by Crippen LogP contribution is -2.03. The average Bonchev–Trinajstić information content (AvgIpc) is 2.58. The fourth-order valence-electron chi connectivity index (χ4n) is 1.38. The third kappa shape index (κ3) is 1.41. The largest absolute Gasteiger partial charge is 0.382 e. The smallest absolute Gasteiger partial charge is 0.159 e. The molecule has 0 atom stereocenters. The van der Waals surface area contributed by atoms with Crippen molar-refractivity contribution in [3.05, 3.63) is 18.5 Å². The predicted molar refractivity (Wildman–Crippen MR) is 53.0 cm³/mol. The Balaban J connectivity index is 2.44. The molecule has 0 bridgehead atoms. The molecule has 0 aliphatic heterocycles. The number of aromatic nitrogens is 3. The van der Waals surface area contributed by atoms with E-state index in [9.17, 15) is 4.39 Å². The molecule has 2 heterocycles. The Morgan fingerprint density at radius 2 is 2.43 bits per heavy atom. The van der Waals surface area contributed by atoms with Gasteiger partial charge in [-0.05, 0) is 6.07 Å². The van der Waals surface area contributed by atoms with E-state index in [4.69, 9.17) is 0 Å². The number of anilines is 1. The van der Waals surface area contributed by atoms with Crippen LogP contribution in [-0.4, -0.2) is 28.0 Å². The number of aryl methyl sites for hydroxylation is 1. The van der Waals surface area contributed by atoms with Crippen LogP contribution >= 0.6 is 0 Å². The second-order valence-electron chi connectivity index (χ2n) is 2.98. The van der Waals surface area contributed by atoms with Gasteiger partial charge in [0, 0.05) is 25.5 Å². The van der Waals surface area contributed by atoms with Crippen molar-refractivity contribution >= 4 is 16.7 Å². The van der Waals surface area contributed by atoms with Gasteiger partial charge in [-0.15, -0.1) is 0 Å². The maximum Gasteiger partial charge on any atom is 0.159 e. The molecule has 0 saturated heterocycles. The molecule has 0 radical (unpaired) electrons. The number of halogens is 1. The van der Waals surface area contributed by atoms with Crippen LogP contribution in [0.5, 0.6) is 0 Å². The zero-order chi connectivity index (χ0) is 9.97. The Bertz CT molecular complexity index is 437. The van der Waals surface area contributed by atoms with Gasteiger partial charge >= 0.3 is 0 Å². The van der Waals surface area contributed by atoms with E-state index in [0.717, 1.165) is 16.7 Å². The standard InChI is InChI=1S/C9H11FN4/c1-14-9-7(6-13-14)8(2-4-12-9)11-5-3-10/h2,4,6H,3,5H2,1H3,(H,11,12).